The van der Waals surface area contributed by atoms with Crippen molar-refractivity contribution in [2.24, 2.45) is 0 Å². The van der Waals surface area contributed by atoms with Crippen LogP contribution in [0, 0.1) is 0 Å². The van der Waals surface area contributed by atoms with Crippen LogP contribution in [0.1, 0.15) is 36.0 Å². The molecule has 7 heteroatoms. The van der Waals surface area contributed by atoms with E-state index in [4.69, 9.17) is 4.84 Å². The quantitative estimate of drug-likeness (QED) is 0.440. The number of rotatable bonds is 10. The molecular formula is C25H31N3O4. The molecule has 1 aliphatic heterocycles. The van der Waals surface area contributed by atoms with Gasteiger partial charge in [-0.2, -0.15) is 5.48 Å². The van der Waals surface area contributed by atoms with Gasteiger partial charge in [0, 0.05) is 19.6 Å². The first kappa shape index (κ1) is 23.5. The topological polar surface area (TPSA) is 87.7 Å². The molecule has 2 aromatic carbocycles. The summed E-state index contributed by atoms with van der Waals surface area (Å²) in [6.07, 6.45) is 4.53. The van der Waals surface area contributed by atoms with Crippen LogP contribution in [-0.4, -0.2) is 48.9 Å². The first-order chi connectivity index (χ1) is 15.6. The van der Waals surface area contributed by atoms with Crippen molar-refractivity contribution in [3.05, 3.63) is 71.3 Å². The number of benzene rings is 2. The van der Waals surface area contributed by atoms with Crippen LogP contribution in [0.4, 0.5) is 0 Å². The summed E-state index contributed by atoms with van der Waals surface area (Å²) in [5, 5.41) is 2.97. The smallest absolute Gasteiger partial charge is 0.334 e. The molecule has 1 heterocycles. The zero-order valence-corrected chi connectivity index (χ0v) is 18.3. The molecule has 2 aromatic rings. The predicted octanol–water partition coefficient (Wildman–Crippen LogP) is 2.19. The molecule has 1 aliphatic rings. The van der Waals surface area contributed by atoms with Crippen molar-refractivity contribution < 1.29 is 19.2 Å². The van der Waals surface area contributed by atoms with Gasteiger partial charge in [0.1, 0.15) is 0 Å². The van der Waals surface area contributed by atoms with E-state index in [1.807, 2.05) is 30.3 Å². The number of nitrogens with one attached hydrogen (secondary N) is 2. The van der Waals surface area contributed by atoms with Crippen LogP contribution in [0.25, 0.3) is 0 Å². The van der Waals surface area contributed by atoms with E-state index in [9.17, 15) is 14.4 Å². The van der Waals surface area contributed by atoms with Crippen molar-refractivity contribution in [2.45, 2.75) is 38.5 Å². The largest absolute Gasteiger partial charge is 0.341 e. The molecule has 0 aliphatic carbocycles. The molecular weight excluding hydrogens is 406 g/mol. The third kappa shape index (κ3) is 8.15. The summed E-state index contributed by atoms with van der Waals surface area (Å²) in [7, 11) is 0. The third-order valence-electron chi connectivity index (χ3n) is 5.46. The van der Waals surface area contributed by atoms with E-state index in [0.717, 1.165) is 31.2 Å². The first-order valence-electron chi connectivity index (χ1n) is 11.2. The molecule has 0 bridgehead atoms. The Balaban J connectivity index is 1.30. The van der Waals surface area contributed by atoms with Crippen LogP contribution >= 0.6 is 0 Å². The van der Waals surface area contributed by atoms with Crippen LogP contribution in [0.2, 0.25) is 0 Å². The number of hydrogen-bond acceptors (Lipinski definition) is 5. The van der Waals surface area contributed by atoms with Crippen molar-refractivity contribution in [2.75, 3.05) is 26.2 Å². The van der Waals surface area contributed by atoms with Crippen molar-refractivity contribution in [1.29, 1.82) is 0 Å². The molecule has 7 nitrogen and oxygen atoms in total. The second-order valence-corrected chi connectivity index (χ2v) is 7.99. The van der Waals surface area contributed by atoms with E-state index in [2.05, 4.69) is 35.1 Å². The number of amides is 2. The Bertz CT molecular complexity index is 884. The Morgan fingerprint density at radius 2 is 1.59 bits per heavy atom. The van der Waals surface area contributed by atoms with Gasteiger partial charge in [-0.25, -0.2) is 4.79 Å². The van der Waals surface area contributed by atoms with E-state index in [1.54, 1.807) is 4.90 Å². The summed E-state index contributed by atoms with van der Waals surface area (Å²) in [5.74, 6) is -0.976. The monoisotopic (exact) mass is 437 g/mol. The Morgan fingerprint density at radius 1 is 0.938 bits per heavy atom. The summed E-state index contributed by atoms with van der Waals surface area (Å²) < 4.78 is 0. The highest BCUT2D eigenvalue weighted by Crippen LogP contribution is 2.11. The zero-order valence-electron chi connectivity index (χ0n) is 18.3. The van der Waals surface area contributed by atoms with Crippen LogP contribution in [0.5, 0.6) is 0 Å². The number of unbranched alkanes of at least 4 members (excludes halogenated alkanes) is 1. The third-order valence-corrected chi connectivity index (χ3v) is 5.46. The highest BCUT2D eigenvalue weighted by molar-refractivity contribution is 5.81. The number of hydroxylamine groups is 1. The lowest BCUT2D eigenvalue weighted by atomic mass is 10.0. The lowest BCUT2D eigenvalue weighted by molar-refractivity contribution is -0.158. The standard InChI is InChI=1S/C25H31N3O4/c29-23(27-32-25(31)14-16-28-17-15-26-19-24(28)30)18-22-12-10-21(11-13-22)9-5-4-8-20-6-2-1-3-7-20/h1-3,6-7,10-13,26H,4-5,8-9,14-19H2,(H,27,29). The molecule has 2 amide bonds. The molecule has 0 aromatic heterocycles. The van der Waals surface area contributed by atoms with Crippen LogP contribution in [-0.2, 0) is 38.5 Å². The molecule has 1 fully saturated rings. The van der Waals surface area contributed by atoms with E-state index < -0.39 is 5.97 Å². The van der Waals surface area contributed by atoms with Crippen LogP contribution in [0.15, 0.2) is 54.6 Å². The van der Waals surface area contributed by atoms with Gasteiger partial charge in [0.15, 0.2) is 0 Å². The zero-order chi connectivity index (χ0) is 22.6. The van der Waals surface area contributed by atoms with E-state index in [0.29, 0.717) is 19.6 Å². The van der Waals surface area contributed by atoms with E-state index >= 15 is 0 Å². The second kappa shape index (κ2) is 12.6. The van der Waals surface area contributed by atoms with Crippen molar-refractivity contribution in [1.82, 2.24) is 15.7 Å². The average Bonchev–Trinajstić information content (AvgIpc) is 2.82. The maximum Gasteiger partial charge on any atom is 0.334 e. The second-order valence-electron chi connectivity index (χ2n) is 7.99. The number of aryl methyl sites for hydroxylation is 2. The maximum absolute atomic E-state index is 12.0. The van der Waals surface area contributed by atoms with Crippen LogP contribution in [0.3, 0.4) is 0 Å². The number of piperazine rings is 1. The fourth-order valence-electron chi connectivity index (χ4n) is 3.62. The average molecular weight is 438 g/mol. The Labute approximate surface area is 189 Å². The Morgan fingerprint density at radius 3 is 2.28 bits per heavy atom. The summed E-state index contributed by atoms with van der Waals surface area (Å²) >= 11 is 0. The van der Waals surface area contributed by atoms with Gasteiger partial charge in [-0.15, -0.1) is 0 Å². The normalized spacial score (nSPS) is 13.6. The molecule has 3 rings (SSSR count). The Hall–Kier alpha value is -3.19. The van der Waals surface area contributed by atoms with Gasteiger partial charge >= 0.3 is 5.97 Å². The highest BCUT2D eigenvalue weighted by Gasteiger charge is 2.18. The molecule has 0 spiro atoms. The lowest BCUT2D eigenvalue weighted by Gasteiger charge is -2.26. The minimum atomic E-state index is -0.560. The van der Waals surface area contributed by atoms with Crippen LogP contribution < -0.4 is 10.8 Å². The van der Waals surface area contributed by atoms with Gasteiger partial charge in [0.05, 0.1) is 19.4 Å². The van der Waals surface area contributed by atoms with Crippen molar-refractivity contribution >= 4 is 17.8 Å². The fraction of sp³-hybridized carbons (Fsp3) is 0.400. The highest BCUT2D eigenvalue weighted by atomic mass is 16.7. The minimum Gasteiger partial charge on any atom is -0.341 e. The summed E-state index contributed by atoms with van der Waals surface area (Å²) in [5.41, 5.74) is 5.67. The van der Waals surface area contributed by atoms with Gasteiger partial charge in [-0.1, -0.05) is 54.6 Å². The van der Waals surface area contributed by atoms with Gasteiger partial charge < -0.3 is 15.1 Å². The van der Waals surface area contributed by atoms with Crippen molar-refractivity contribution in [3.63, 3.8) is 0 Å². The molecule has 170 valence electrons. The van der Waals surface area contributed by atoms with Gasteiger partial charge in [-0.05, 0) is 42.4 Å². The van der Waals surface area contributed by atoms with Gasteiger partial charge in [0.25, 0.3) is 5.91 Å². The minimum absolute atomic E-state index is 0.0345. The number of carbonyl (C=O) groups is 3. The molecule has 2 N–H and O–H groups in total. The van der Waals surface area contributed by atoms with E-state index in [1.165, 1.54) is 11.1 Å². The van der Waals surface area contributed by atoms with E-state index in [-0.39, 0.29) is 31.2 Å². The summed E-state index contributed by atoms with van der Waals surface area (Å²) in [6, 6.07) is 18.4. The SMILES string of the molecule is O=C(Cc1ccc(CCCCc2ccccc2)cc1)NOC(=O)CCN1CCNCC1=O. The number of hydrogen-bond donors (Lipinski definition) is 2. The summed E-state index contributed by atoms with van der Waals surface area (Å²) in [4.78, 5) is 42.0. The van der Waals surface area contributed by atoms with Crippen molar-refractivity contribution in [3.8, 4) is 0 Å². The number of nitrogens with zero attached hydrogens (tertiary/aromatic N) is 1. The molecule has 0 atom stereocenters. The lowest BCUT2D eigenvalue weighted by Crippen LogP contribution is -2.48. The Kier molecular flexibility index (Phi) is 9.25. The maximum atomic E-state index is 12.0. The predicted molar refractivity (Wildman–Crippen MR) is 122 cm³/mol. The molecule has 1 saturated heterocycles. The fourth-order valence-corrected chi connectivity index (χ4v) is 3.62. The van der Waals surface area contributed by atoms with Gasteiger partial charge in [-0.3, -0.25) is 9.59 Å². The summed E-state index contributed by atoms with van der Waals surface area (Å²) in [6.45, 7) is 1.87. The first-order valence-corrected chi connectivity index (χ1v) is 11.2. The molecule has 0 unspecified atom stereocenters. The molecule has 0 saturated carbocycles. The van der Waals surface area contributed by atoms with Gasteiger partial charge in [0.2, 0.25) is 5.91 Å². The molecule has 0 radical (unpaired) electrons. The molecule has 32 heavy (non-hydrogen) atoms. The number of carbonyl (C=O) groups excluding carboxylic acids is 3.